The van der Waals surface area contributed by atoms with E-state index in [2.05, 4.69) is 18.7 Å². The zero-order chi connectivity index (χ0) is 9.78. The molecule has 0 aliphatic heterocycles. The van der Waals surface area contributed by atoms with Gasteiger partial charge in [0.1, 0.15) is 0 Å². The summed E-state index contributed by atoms with van der Waals surface area (Å²) in [6.07, 6.45) is 1.93. The molecule has 0 aromatic rings. The molecule has 0 aromatic heterocycles. The van der Waals surface area contributed by atoms with Crippen LogP contribution in [0.5, 0.6) is 0 Å². The van der Waals surface area contributed by atoms with Crippen molar-refractivity contribution in [3.05, 3.63) is 0 Å². The Morgan fingerprint density at radius 2 is 1.85 bits per heavy atom. The summed E-state index contributed by atoms with van der Waals surface area (Å²) in [5, 5.41) is 0.163. The van der Waals surface area contributed by atoms with Gasteiger partial charge >= 0.3 is 19.5 Å². The molecule has 0 bridgehead atoms. The second-order valence-corrected chi connectivity index (χ2v) is 9.04. The predicted molar refractivity (Wildman–Crippen MR) is 55.4 cm³/mol. The van der Waals surface area contributed by atoms with E-state index in [4.69, 9.17) is 0 Å². The number of hydrogen-bond donors (Lipinski definition) is 0. The molecule has 0 rings (SSSR count). The minimum absolute atomic E-state index is 0. The van der Waals surface area contributed by atoms with E-state index in [1.54, 1.807) is 0 Å². The van der Waals surface area contributed by atoms with Gasteiger partial charge in [-0.25, -0.2) is 0 Å². The third kappa shape index (κ3) is 9.84. The first-order chi connectivity index (χ1) is 5.37. The van der Waals surface area contributed by atoms with E-state index in [1.165, 1.54) is 0 Å². The molecule has 0 saturated heterocycles. The Labute approximate surface area is 103 Å². The maximum atomic E-state index is 10.8. The van der Waals surface area contributed by atoms with E-state index in [1.807, 2.05) is 13.8 Å². The van der Waals surface area contributed by atoms with Gasteiger partial charge in [0.2, 0.25) is 0 Å². The fourth-order valence-electron chi connectivity index (χ4n) is 0.958. The molecule has 0 amide bonds. The Hall–Kier alpha value is 1.54. The molecule has 2 nitrogen and oxygen atoms in total. The molecule has 0 radical (unpaired) electrons. The van der Waals surface area contributed by atoms with Crippen molar-refractivity contribution in [3.8, 4) is 0 Å². The van der Waals surface area contributed by atoms with E-state index in [0.717, 1.165) is 24.2 Å². The average Bonchev–Trinajstić information content (AvgIpc) is 1.83. The van der Waals surface area contributed by atoms with Gasteiger partial charge in [0.05, 0.1) is 0 Å². The van der Waals surface area contributed by atoms with Gasteiger partial charge in [-0.2, -0.15) is 17.1 Å². The van der Waals surface area contributed by atoms with Crippen molar-refractivity contribution in [1.82, 2.24) is 0 Å². The summed E-state index contributed by atoms with van der Waals surface area (Å²) < 4.78 is 0. The molecule has 0 aromatic carbocycles. The summed E-state index contributed by atoms with van der Waals surface area (Å²) >= 11 is 5.31. The molecular formula is C7H15O2PS2Zn. The molecule has 6 heteroatoms. The van der Waals surface area contributed by atoms with E-state index in [9.17, 15) is 9.79 Å². The third-order valence-corrected chi connectivity index (χ3v) is 5.25. The summed E-state index contributed by atoms with van der Waals surface area (Å²) in [6.45, 7) is 6.10. The van der Waals surface area contributed by atoms with Crippen LogP contribution in [-0.4, -0.2) is 5.25 Å². The Balaban J connectivity index is 0. The third-order valence-electron chi connectivity index (χ3n) is 1.58. The van der Waals surface area contributed by atoms with Crippen molar-refractivity contribution in [2.45, 2.75) is 38.9 Å². The second-order valence-electron chi connectivity index (χ2n) is 3.12. The fourth-order valence-corrected chi connectivity index (χ4v) is 4.91. The van der Waals surface area contributed by atoms with Crippen LogP contribution in [0.2, 0.25) is 0 Å². The van der Waals surface area contributed by atoms with Crippen LogP contribution in [-0.2, 0) is 31.3 Å². The monoisotopic (exact) mass is 290 g/mol. The first kappa shape index (κ1) is 17.0. The van der Waals surface area contributed by atoms with Gasteiger partial charge in [-0.05, 0) is 12.3 Å². The SMILES string of the molecule is CCCC(SP([O-])([O-])=S)C(C)C.[Zn+2]. The van der Waals surface area contributed by atoms with Crippen molar-refractivity contribution in [3.63, 3.8) is 0 Å². The van der Waals surface area contributed by atoms with Crippen molar-refractivity contribution in [2.24, 2.45) is 5.92 Å². The van der Waals surface area contributed by atoms with E-state index < -0.39 is 5.69 Å². The molecular weight excluding hydrogens is 277 g/mol. The summed E-state index contributed by atoms with van der Waals surface area (Å²) in [5.74, 6) is 0.375. The van der Waals surface area contributed by atoms with Crippen LogP contribution in [0.3, 0.4) is 0 Å². The molecule has 1 unspecified atom stereocenters. The number of hydrogen-bond acceptors (Lipinski definition) is 4. The fraction of sp³-hybridized carbons (Fsp3) is 1.00. The van der Waals surface area contributed by atoms with Crippen LogP contribution in [0.15, 0.2) is 0 Å². The molecule has 74 valence electrons. The van der Waals surface area contributed by atoms with Crippen molar-refractivity contribution >= 4 is 28.9 Å². The molecule has 0 spiro atoms. The van der Waals surface area contributed by atoms with Crippen molar-refractivity contribution in [2.75, 3.05) is 0 Å². The minimum atomic E-state index is -3.56. The average molecular weight is 292 g/mol. The predicted octanol–water partition coefficient (Wildman–Crippen LogP) is 1.49. The number of rotatable bonds is 5. The summed E-state index contributed by atoms with van der Waals surface area (Å²) in [7, 11) is 0. The molecule has 0 heterocycles. The van der Waals surface area contributed by atoms with Crippen LogP contribution < -0.4 is 9.79 Å². The smallest absolute Gasteiger partial charge is 0.825 e. The molecule has 13 heavy (non-hydrogen) atoms. The maximum absolute atomic E-state index is 10.8. The Bertz CT molecular complexity index is 172. The van der Waals surface area contributed by atoms with Gasteiger partial charge in [-0.15, -0.1) is 11.8 Å². The van der Waals surface area contributed by atoms with Gasteiger partial charge in [0.25, 0.3) is 0 Å². The first-order valence-corrected chi connectivity index (χ1v) is 8.19. The largest absolute Gasteiger partial charge is 2.00 e. The van der Waals surface area contributed by atoms with Gasteiger partial charge in [-0.1, -0.05) is 27.2 Å². The molecule has 0 fully saturated rings. The summed E-state index contributed by atoms with van der Waals surface area (Å²) in [4.78, 5) is 21.7. The van der Waals surface area contributed by atoms with Gasteiger partial charge in [0, 0.05) is 5.25 Å². The summed E-state index contributed by atoms with van der Waals surface area (Å²) in [5.41, 5.74) is -3.56. The molecule has 1 atom stereocenters. The first-order valence-electron chi connectivity index (χ1n) is 4.07. The zero-order valence-electron chi connectivity index (χ0n) is 8.36. The van der Waals surface area contributed by atoms with E-state index in [0.29, 0.717) is 5.92 Å². The molecule has 0 N–H and O–H groups in total. The van der Waals surface area contributed by atoms with Crippen LogP contribution in [0, 0.1) is 5.92 Å². The van der Waals surface area contributed by atoms with Gasteiger partial charge in [-0.3, -0.25) is 0 Å². The van der Waals surface area contributed by atoms with Crippen LogP contribution >= 0.6 is 17.1 Å². The standard InChI is InChI=1S/C7H17O2PS2.Zn/c1-4-5-7(6(2)3)12-10(8,9)11;/h6-7H,4-5H2,1-3H3,(H2,8,9,11);/q;+2/p-2. The van der Waals surface area contributed by atoms with Crippen molar-refractivity contribution in [1.29, 1.82) is 0 Å². The Morgan fingerprint density at radius 3 is 2.08 bits per heavy atom. The topological polar surface area (TPSA) is 46.1 Å². The molecule has 0 aliphatic carbocycles. The second kappa shape index (κ2) is 7.79. The van der Waals surface area contributed by atoms with Crippen molar-refractivity contribution < 1.29 is 29.3 Å². The van der Waals surface area contributed by atoms with Gasteiger partial charge in [0.15, 0.2) is 0 Å². The summed E-state index contributed by atoms with van der Waals surface area (Å²) in [6, 6.07) is 0. The zero-order valence-corrected chi connectivity index (χ0v) is 13.9. The van der Waals surface area contributed by atoms with Crippen LogP contribution in [0.25, 0.3) is 0 Å². The maximum Gasteiger partial charge on any atom is 2.00 e. The van der Waals surface area contributed by atoms with Gasteiger partial charge < -0.3 is 9.79 Å². The molecule has 0 aliphatic rings. The van der Waals surface area contributed by atoms with Crippen LogP contribution in [0.1, 0.15) is 33.6 Å². The van der Waals surface area contributed by atoms with E-state index in [-0.39, 0.29) is 24.7 Å². The normalized spacial score (nSPS) is 14.0. The quantitative estimate of drug-likeness (QED) is 0.569. The van der Waals surface area contributed by atoms with E-state index >= 15 is 0 Å². The Kier molecular flexibility index (Phi) is 10.2. The minimum Gasteiger partial charge on any atom is -0.825 e. The molecule has 0 saturated carbocycles. The van der Waals surface area contributed by atoms with Crippen LogP contribution in [0.4, 0.5) is 0 Å². The Morgan fingerprint density at radius 1 is 1.38 bits per heavy atom.